The van der Waals surface area contributed by atoms with Crippen molar-refractivity contribution in [1.82, 2.24) is 0 Å². The molecular formula is C15H23BrO2S. The molecule has 1 atom stereocenters. The number of hydrogen-bond donors (Lipinski definition) is 0. The molecule has 0 aliphatic heterocycles. The molecule has 4 heteroatoms. The van der Waals surface area contributed by atoms with Crippen molar-refractivity contribution in [2.75, 3.05) is 11.1 Å². The predicted octanol–water partition coefficient (Wildman–Crippen LogP) is 4.13. The minimum absolute atomic E-state index is 0.0334. The largest absolute Gasteiger partial charge is 0.224 e. The van der Waals surface area contributed by atoms with Gasteiger partial charge in [-0.1, -0.05) is 48.8 Å². The minimum Gasteiger partial charge on any atom is -0.224 e. The average molecular weight is 347 g/mol. The average Bonchev–Trinajstić information content (AvgIpc) is 2.27. The molecule has 1 aromatic carbocycles. The summed E-state index contributed by atoms with van der Waals surface area (Å²) in [4.78, 5) is 0.475. The molecule has 0 saturated carbocycles. The molecule has 0 aliphatic carbocycles. The molecule has 19 heavy (non-hydrogen) atoms. The zero-order valence-electron chi connectivity index (χ0n) is 12.3. The first-order chi connectivity index (χ1) is 8.58. The molecule has 2 nitrogen and oxygen atoms in total. The fourth-order valence-electron chi connectivity index (χ4n) is 1.92. The van der Waals surface area contributed by atoms with Crippen LogP contribution in [0.15, 0.2) is 23.1 Å². The van der Waals surface area contributed by atoms with Crippen LogP contribution in [0.3, 0.4) is 0 Å². The van der Waals surface area contributed by atoms with E-state index in [2.05, 4.69) is 36.7 Å². The Labute approximate surface area is 125 Å². The lowest BCUT2D eigenvalue weighted by molar-refractivity contribution is 0.291. The van der Waals surface area contributed by atoms with Crippen LogP contribution in [0.2, 0.25) is 0 Å². The highest BCUT2D eigenvalue weighted by atomic mass is 79.9. The standard InChI is InChI=1S/C15H23BrO2S/c1-11-6-7-12(2)14(8-11)19(17,18)10-13(9-16)15(3,4)5/h6-8,13H,9-10H2,1-5H3. The van der Waals surface area contributed by atoms with Crippen molar-refractivity contribution in [3.8, 4) is 0 Å². The van der Waals surface area contributed by atoms with Crippen molar-refractivity contribution in [2.24, 2.45) is 11.3 Å². The van der Waals surface area contributed by atoms with E-state index in [9.17, 15) is 8.42 Å². The number of alkyl halides is 1. The second-order valence-corrected chi connectivity index (χ2v) is 8.92. The first-order valence-corrected chi connectivity index (χ1v) is 9.21. The molecule has 0 aromatic heterocycles. The maximum Gasteiger partial charge on any atom is 0.178 e. The summed E-state index contributed by atoms with van der Waals surface area (Å²) in [7, 11) is -3.24. The van der Waals surface area contributed by atoms with E-state index >= 15 is 0 Å². The molecule has 0 fully saturated rings. The van der Waals surface area contributed by atoms with Crippen LogP contribution in [0.5, 0.6) is 0 Å². The van der Waals surface area contributed by atoms with Gasteiger partial charge in [-0.3, -0.25) is 0 Å². The van der Waals surface area contributed by atoms with Crippen molar-refractivity contribution in [3.05, 3.63) is 29.3 Å². The molecule has 0 radical (unpaired) electrons. The Morgan fingerprint density at radius 2 is 1.79 bits per heavy atom. The van der Waals surface area contributed by atoms with E-state index in [-0.39, 0.29) is 17.1 Å². The third kappa shape index (κ3) is 4.32. The number of sulfone groups is 1. The molecule has 1 aromatic rings. The highest BCUT2D eigenvalue weighted by Gasteiger charge is 2.30. The highest BCUT2D eigenvalue weighted by Crippen LogP contribution is 2.31. The van der Waals surface area contributed by atoms with Crippen LogP contribution in [0.4, 0.5) is 0 Å². The van der Waals surface area contributed by atoms with Gasteiger partial charge in [0.2, 0.25) is 0 Å². The summed E-state index contributed by atoms with van der Waals surface area (Å²) < 4.78 is 25.2. The predicted molar refractivity (Wildman–Crippen MR) is 84.7 cm³/mol. The number of hydrogen-bond acceptors (Lipinski definition) is 2. The number of halogens is 1. The van der Waals surface area contributed by atoms with Crippen LogP contribution in [-0.4, -0.2) is 19.5 Å². The van der Waals surface area contributed by atoms with Crippen LogP contribution in [-0.2, 0) is 9.84 Å². The van der Waals surface area contributed by atoms with Crippen LogP contribution in [0, 0.1) is 25.2 Å². The second-order valence-electron chi connectivity index (χ2n) is 6.27. The van der Waals surface area contributed by atoms with Gasteiger partial charge in [-0.05, 0) is 42.4 Å². The van der Waals surface area contributed by atoms with E-state index in [1.165, 1.54) is 0 Å². The zero-order chi connectivity index (χ0) is 14.8. The van der Waals surface area contributed by atoms with Crippen molar-refractivity contribution < 1.29 is 8.42 Å². The van der Waals surface area contributed by atoms with Crippen molar-refractivity contribution in [3.63, 3.8) is 0 Å². The quantitative estimate of drug-likeness (QED) is 0.768. The summed E-state index contributed by atoms with van der Waals surface area (Å²) in [5, 5.41) is 0.695. The van der Waals surface area contributed by atoms with Crippen molar-refractivity contribution in [1.29, 1.82) is 0 Å². The van der Waals surface area contributed by atoms with Gasteiger partial charge < -0.3 is 0 Å². The van der Waals surface area contributed by atoms with Gasteiger partial charge in [-0.2, -0.15) is 0 Å². The summed E-state index contributed by atoms with van der Waals surface area (Å²) in [6.45, 7) is 10.0. The highest BCUT2D eigenvalue weighted by molar-refractivity contribution is 9.09. The number of rotatable bonds is 4. The summed E-state index contributed by atoms with van der Waals surface area (Å²) in [6.07, 6.45) is 0. The van der Waals surface area contributed by atoms with Crippen LogP contribution in [0.25, 0.3) is 0 Å². The minimum atomic E-state index is -3.24. The molecule has 0 N–H and O–H groups in total. The van der Waals surface area contributed by atoms with Crippen molar-refractivity contribution >= 4 is 25.8 Å². The first kappa shape index (κ1) is 16.7. The van der Waals surface area contributed by atoms with Gasteiger partial charge in [0.05, 0.1) is 10.6 Å². The Kier molecular flexibility index (Phi) is 5.24. The van der Waals surface area contributed by atoms with Gasteiger partial charge in [-0.25, -0.2) is 8.42 Å². The van der Waals surface area contributed by atoms with Gasteiger partial charge >= 0.3 is 0 Å². The van der Waals surface area contributed by atoms with Gasteiger partial charge in [0.1, 0.15) is 0 Å². The molecule has 108 valence electrons. The van der Waals surface area contributed by atoms with Crippen molar-refractivity contribution in [2.45, 2.75) is 39.5 Å². The van der Waals surface area contributed by atoms with Crippen LogP contribution >= 0.6 is 15.9 Å². The Morgan fingerprint density at radius 1 is 1.21 bits per heavy atom. The second kappa shape index (κ2) is 5.96. The van der Waals surface area contributed by atoms with E-state index in [4.69, 9.17) is 0 Å². The fourth-order valence-corrected chi connectivity index (χ4v) is 5.68. The maximum atomic E-state index is 12.6. The summed E-state index contributed by atoms with van der Waals surface area (Å²) in [6, 6.07) is 5.60. The summed E-state index contributed by atoms with van der Waals surface area (Å²) in [5.41, 5.74) is 1.78. The normalized spacial score (nSPS) is 14.4. The van der Waals surface area contributed by atoms with Gasteiger partial charge in [0, 0.05) is 5.33 Å². The summed E-state index contributed by atoms with van der Waals surface area (Å²) >= 11 is 3.45. The Morgan fingerprint density at radius 3 is 2.26 bits per heavy atom. The van der Waals surface area contributed by atoms with Gasteiger partial charge in [0.25, 0.3) is 0 Å². The maximum absolute atomic E-state index is 12.6. The van der Waals surface area contributed by atoms with E-state index < -0.39 is 9.84 Å². The molecule has 0 heterocycles. The van der Waals surface area contributed by atoms with Gasteiger partial charge in [-0.15, -0.1) is 0 Å². The molecule has 0 saturated heterocycles. The lowest BCUT2D eigenvalue weighted by atomic mass is 9.83. The van der Waals surface area contributed by atoms with E-state index in [1.54, 1.807) is 6.07 Å². The van der Waals surface area contributed by atoms with E-state index in [0.717, 1.165) is 11.1 Å². The number of aryl methyl sites for hydroxylation is 2. The Hall–Kier alpha value is -0.350. The Balaban J connectivity index is 3.14. The van der Waals surface area contributed by atoms with E-state index in [1.807, 2.05) is 26.0 Å². The van der Waals surface area contributed by atoms with Gasteiger partial charge in [0.15, 0.2) is 9.84 Å². The van der Waals surface area contributed by atoms with Crippen LogP contribution in [0.1, 0.15) is 31.9 Å². The fraction of sp³-hybridized carbons (Fsp3) is 0.600. The zero-order valence-corrected chi connectivity index (χ0v) is 14.7. The topological polar surface area (TPSA) is 34.1 Å². The summed E-state index contributed by atoms with van der Waals surface area (Å²) in [5.74, 6) is 0.281. The molecule has 1 rings (SSSR count). The molecule has 0 spiro atoms. The monoisotopic (exact) mass is 346 g/mol. The third-order valence-corrected chi connectivity index (χ3v) is 6.24. The third-order valence-electron chi connectivity index (χ3n) is 3.51. The first-order valence-electron chi connectivity index (χ1n) is 6.44. The van der Waals surface area contributed by atoms with E-state index in [0.29, 0.717) is 10.2 Å². The van der Waals surface area contributed by atoms with Crippen LogP contribution < -0.4 is 0 Å². The molecular weight excluding hydrogens is 324 g/mol. The Bertz CT molecular complexity index is 542. The molecule has 0 aliphatic rings. The smallest absolute Gasteiger partial charge is 0.178 e. The molecule has 0 bridgehead atoms. The molecule has 1 unspecified atom stereocenters. The SMILES string of the molecule is Cc1ccc(C)c(S(=O)(=O)CC(CBr)C(C)(C)C)c1. The lowest BCUT2D eigenvalue weighted by Crippen LogP contribution is -2.29. The number of benzene rings is 1. The lowest BCUT2D eigenvalue weighted by Gasteiger charge is -2.29. The molecule has 0 amide bonds.